The van der Waals surface area contributed by atoms with Crippen LogP contribution in [0.4, 0.5) is 10.2 Å². The fourth-order valence-corrected chi connectivity index (χ4v) is 1.62. The number of hydrogen-bond donors (Lipinski definition) is 1. The van der Waals surface area contributed by atoms with Gasteiger partial charge in [-0.15, -0.1) is 0 Å². The number of nitrogen functional groups attached to an aromatic ring is 1. The van der Waals surface area contributed by atoms with Gasteiger partial charge in [-0.2, -0.15) is 0 Å². The van der Waals surface area contributed by atoms with Gasteiger partial charge in [-0.1, -0.05) is 0 Å². The van der Waals surface area contributed by atoms with Crippen LogP contribution < -0.4 is 10.5 Å². The molecule has 0 fully saturated rings. The largest absolute Gasteiger partial charge is 0.494 e. The summed E-state index contributed by atoms with van der Waals surface area (Å²) in [4.78, 5) is 15.2. The summed E-state index contributed by atoms with van der Waals surface area (Å²) in [5.41, 5.74) is 6.19. The highest BCUT2D eigenvalue weighted by molar-refractivity contribution is 5.92. The van der Waals surface area contributed by atoms with Gasteiger partial charge in [-0.3, -0.25) is 4.57 Å². The SMILES string of the molecule is COC(=O)c1ncn(-c2ccc(OC)c(F)c2)c1N. The summed E-state index contributed by atoms with van der Waals surface area (Å²) in [5, 5.41) is 0. The lowest BCUT2D eigenvalue weighted by Crippen LogP contribution is -2.07. The average Bonchev–Trinajstić information content (AvgIpc) is 2.79. The molecular formula is C12H12FN3O3. The number of esters is 1. The Labute approximate surface area is 108 Å². The van der Waals surface area contributed by atoms with E-state index in [9.17, 15) is 9.18 Å². The van der Waals surface area contributed by atoms with E-state index in [1.165, 1.54) is 37.2 Å². The fraction of sp³-hybridized carbons (Fsp3) is 0.167. The maximum Gasteiger partial charge on any atom is 0.360 e. The number of methoxy groups -OCH3 is 2. The zero-order valence-electron chi connectivity index (χ0n) is 10.4. The van der Waals surface area contributed by atoms with Crippen LogP contribution in [0.2, 0.25) is 0 Å². The van der Waals surface area contributed by atoms with Gasteiger partial charge in [0.2, 0.25) is 0 Å². The van der Waals surface area contributed by atoms with Crippen LogP contribution in [0.15, 0.2) is 24.5 Å². The van der Waals surface area contributed by atoms with E-state index in [0.29, 0.717) is 5.69 Å². The lowest BCUT2D eigenvalue weighted by molar-refractivity contribution is 0.0596. The van der Waals surface area contributed by atoms with Gasteiger partial charge in [0.05, 0.1) is 19.9 Å². The van der Waals surface area contributed by atoms with Crippen molar-refractivity contribution in [3.8, 4) is 11.4 Å². The molecule has 0 unspecified atom stereocenters. The average molecular weight is 265 g/mol. The van der Waals surface area contributed by atoms with Gasteiger partial charge in [-0.05, 0) is 12.1 Å². The molecule has 0 saturated carbocycles. The summed E-state index contributed by atoms with van der Waals surface area (Å²) in [5.74, 6) is -0.981. The number of rotatable bonds is 3. The summed E-state index contributed by atoms with van der Waals surface area (Å²) in [6, 6.07) is 4.29. The summed E-state index contributed by atoms with van der Waals surface area (Å²) in [6.07, 6.45) is 1.32. The molecule has 19 heavy (non-hydrogen) atoms. The second-order valence-corrected chi connectivity index (χ2v) is 3.66. The van der Waals surface area contributed by atoms with E-state index in [0.717, 1.165) is 0 Å². The third kappa shape index (κ3) is 2.22. The van der Waals surface area contributed by atoms with Crippen LogP contribution in [0.3, 0.4) is 0 Å². The molecule has 0 aliphatic carbocycles. The van der Waals surface area contributed by atoms with E-state index in [1.807, 2.05) is 0 Å². The number of aromatic nitrogens is 2. The standard InChI is InChI=1S/C12H12FN3O3/c1-18-9-4-3-7(5-8(9)13)16-6-15-10(11(16)14)12(17)19-2/h3-6H,14H2,1-2H3. The maximum absolute atomic E-state index is 13.6. The van der Waals surface area contributed by atoms with Gasteiger partial charge in [-0.25, -0.2) is 14.2 Å². The molecule has 0 aliphatic heterocycles. The Morgan fingerprint density at radius 2 is 2.16 bits per heavy atom. The smallest absolute Gasteiger partial charge is 0.360 e. The third-order valence-corrected chi connectivity index (χ3v) is 2.60. The molecule has 1 aromatic heterocycles. The van der Waals surface area contributed by atoms with Gasteiger partial charge in [0.1, 0.15) is 12.1 Å². The number of imidazole rings is 1. The lowest BCUT2D eigenvalue weighted by Gasteiger charge is -2.07. The monoisotopic (exact) mass is 265 g/mol. The number of nitrogens with two attached hydrogens (primary N) is 1. The van der Waals surface area contributed by atoms with E-state index in [4.69, 9.17) is 10.5 Å². The molecule has 7 heteroatoms. The predicted molar refractivity (Wildman–Crippen MR) is 65.8 cm³/mol. The number of halogens is 1. The first-order valence-corrected chi connectivity index (χ1v) is 5.33. The Balaban J connectivity index is 2.45. The number of hydrogen-bond acceptors (Lipinski definition) is 5. The van der Waals surface area contributed by atoms with Crippen molar-refractivity contribution < 1.29 is 18.7 Å². The quantitative estimate of drug-likeness (QED) is 0.848. The van der Waals surface area contributed by atoms with Gasteiger partial charge < -0.3 is 15.2 Å². The van der Waals surface area contributed by atoms with Crippen molar-refractivity contribution >= 4 is 11.8 Å². The molecule has 0 bridgehead atoms. The summed E-state index contributed by atoms with van der Waals surface area (Å²) >= 11 is 0. The molecule has 0 spiro atoms. The Morgan fingerprint density at radius 1 is 1.42 bits per heavy atom. The Kier molecular flexibility index (Phi) is 3.37. The molecular weight excluding hydrogens is 253 g/mol. The maximum atomic E-state index is 13.6. The molecule has 2 aromatic rings. The highest BCUT2D eigenvalue weighted by Gasteiger charge is 2.17. The van der Waals surface area contributed by atoms with Crippen molar-refractivity contribution in [2.75, 3.05) is 20.0 Å². The Bertz CT molecular complexity index is 625. The fourth-order valence-electron chi connectivity index (χ4n) is 1.62. The van der Waals surface area contributed by atoms with Crippen molar-refractivity contribution in [1.82, 2.24) is 9.55 Å². The highest BCUT2D eigenvalue weighted by atomic mass is 19.1. The molecule has 1 aromatic carbocycles. The Hall–Kier alpha value is -2.57. The zero-order valence-corrected chi connectivity index (χ0v) is 10.4. The van der Waals surface area contributed by atoms with Crippen LogP contribution in [0.1, 0.15) is 10.5 Å². The first-order valence-electron chi connectivity index (χ1n) is 5.33. The molecule has 1 heterocycles. The summed E-state index contributed by atoms with van der Waals surface area (Å²) in [6.45, 7) is 0. The minimum atomic E-state index is -0.648. The topological polar surface area (TPSA) is 79.4 Å². The van der Waals surface area contributed by atoms with E-state index in [-0.39, 0.29) is 17.3 Å². The normalized spacial score (nSPS) is 10.3. The number of carbonyl (C=O) groups excluding carboxylic acids is 1. The van der Waals surface area contributed by atoms with Crippen LogP contribution in [0, 0.1) is 5.82 Å². The van der Waals surface area contributed by atoms with Crippen LogP contribution >= 0.6 is 0 Å². The first kappa shape index (κ1) is 12.9. The van der Waals surface area contributed by atoms with Crippen molar-refractivity contribution in [2.24, 2.45) is 0 Å². The van der Waals surface area contributed by atoms with Crippen LogP contribution in [-0.4, -0.2) is 29.7 Å². The van der Waals surface area contributed by atoms with Gasteiger partial charge in [0.25, 0.3) is 0 Å². The lowest BCUT2D eigenvalue weighted by atomic mass is 10.3. The molecule has 2 N–H and O–H groups in total. The van der Waals surface area contributed by atoms with E-state index in [2.05, 4.69) is 9.72 Å². The number of anilines is 1. The van der Waals surface area contributed by atoms with Crippen molar-refractivity contribution in [1.29, 1.82) is 0 Å². The van der Waals surface area contributed by atoms with Crippen LogP contribution in [0.25, 0.3) is 5.69 Å². The van der Waals surface area contributed by atoms with Gasteiger partial charge in [0.15, 0.2) is 17.3 Å². The number of carbonyl (C=O) groups is 1. The molecule has 2 rings (SSSR count). The Morgan fingerprint density at radius 3 is 2.74 bits per heavy atom. The minimum Gasteiger partial charge on any atom is -0.494 e. The molecule has 0 aliphatic rings. The van der Waals surface area contributed by atoms with Gasteiger partial charge >= 0.3 is 5.97 Å². The van der Waals surface area contributed by atoms with Crippen molar-refractivity contribution in [3.05, 3.63) is 36.0 Å². The second kappa shape index (κ2) is 4.97. The number of nitrogens with zero attached hydrogens (tertiary/aromatic N) is 2. The molecule has 0 saturated heterocycles. The summed E-state index contributed by atoms with van der Waals surface area (Å²) < 4.78 is 24.4. The summed E-state index contributed by atoms with van der Waals surface area (Å²) in [7, 11) is 2.60. The van der Waals surface area contributed by atoms with Crippen LogP contribution in [-0.2, 0) is 4.74 Å². The molecule has 6 nitrogen and oxygen atoms in total. The highest BCUT2D eigenvalue weighted by Crippen LogP contribution is 2.23. The zero-order chi connectivity index (χ0) is 14.0. The second-order valence-electron chi connectivity index (χ2n) is 3.66. The third-order valence-electron chi connectivity index (χ3n) is 2.60. The number of ether oxygens (including phenoxy) is 2. The number of benzene rings is 1. The molecule has 0 atom stereocenters. The predicted octanol–water partition coefficient (Wildman–Crippen LogP) is 1.39. The molecule has 0 amide bonds. The van der Waals surface area contributed by atoms with E-state index < -0.39 is 11.8 Å². The van der Waals surface area contributed by atoms with Crippen molar-refractivity contribution in [3.63, 3.8) is 0 Å². The molecule has 100 valence electrons. The van der Waals surface area contributed by atoms with Crippen LogP contribution in [0.5, 0.6) is 5.75 Å². The van der Waals surface area contributed by atoms with E-state index in [1.54, 1.807) is 6.07 Å². The van der Waals surface area contributed by atoms with Gasteiger partial charge in [0, 0.05) is 6.07 Å². The minimum absolute atomic E-state index is 0.0151. The first-order chi connectivity index (χ1) is 9.08. The molecule has 0 radical (unpaired) electrons. The van der Waals surface area contributed by atoms with Crippen molar-refractivity contribution in [2.45, 2.75) is 0 Å². The van der Waals surface area contributed by atoms with E-state index >= 15 is 0 Å².